The van der Waals surface area contributed by atoms with Gasteiger partial charge in [0.2, 0.25) is 0 Å². The summed E-state index contributed by atoms with van der Waals surface area (Å²) in [7, 11) is 1.49. The van der Waals surface area contributed by atoms with Gasteiger partial charge >= 0.3 is 5.97 Å². The summed E-state index contributed by atoms with van der Waals surface area (Å²) in [5, 5.41) is 2.85. The largest absolute Gasteiger partial charge is 0.497 e. The molecule has 9 heteroatoms. The summed E-state index contributed by atoms with van der Waals surface area (Å²) in [6.45, 7) is 0.0101. The van der Waals surface area contributed by atoms with E-state index in [1.165, 1.54) is 19.4 Å². The van der Waals surface area contributed by atoms with E-state index in [1.54, 1.807) is 22.8 Å². The number of hydrogen-bond donors (Lipinski definition) is 1. The van der Waals surface area contributed by atoms with Gasteiger partial charge in [0.1, 0.15) is 12.4 Å². The van der Waals surface area contributed by atoms with Crippen LogP contribution in [0, 0.1) is 11.6 Å². The van der Waals surface area contributed by atoms with Gasteiger partial charge in [-0.1, -0.05) is 6.07 Å². The van der Waals surface area contributed by atoms with Crippen molar-refractivity contribution in [2.75, 3.05) is 13.7 Å². The minimum absolute atomic E-state index is 0.114. The molecule has 0 saturated heterocycles. The molecule has 0 unspecified atom stereocenters. The van der Waals surface area contributed by atoms with Gasteiger partial charge in [0.25, 0.3) is 11.7 Å². The number of hydrogen-bond acceptors (Lipinski definition) is 5. The molecule has 158 valence electrons. The molecule has 0 atom stereocenters. The van der Waals surface area contributed by atoms with Crippen LogP contribution in [0.2, 0.25) is 0 Å². The van der Waals surface area contributed by atoms with Crippen molar-refractivity contribution >= 4 is 28.6 Å². The van der Waals surface area contributed by atoms with Gasteiger partial charge in [0.05, 0.1) is 23.9 Å². The summed E-state index contributed by atoms with van der Waals surface area (Å²) >= 11 is 0. The van der Waals surface area contributed by atoms with Crippen LogP contribution in [0.1, 0.15) is 15.9 Å². The number of aromatic nitrogens is 1. The third-order valence-corrected chi connectivity index (χ3v) is 4.81. The first-order valence-electron chi connectivity index (χ1n) is 9.19. The molecule has 1 aromatic heterocycles. The maximum Gasteiger partial charge on any atom is 0.333 e. The van der Waals surface area contributed by atoms with Gasteiger partial charge in [-0.25, -0.2) is 13.6 Å². The zero-order valence-electron chi connectivity index (χ0n) is 16.3. The number of cyclic esters (lactones) is 1. The molecule has 2 aromatic carbocycles. The lowest BCUT2D eigenvalue weighted by atomic mass is 10.1. The SMILES string of the molecule is COc1ccc2c(C(=O)C(=O)NC3=CC(=O)OC3)cn(Cc3ccc(F)c(F)c3)c2c1. The molecular formula is C22H16F2N2O5. The summed E-state index contributed by atoms with van der Waals surface area (Å²) in [6, 6.07) is 8.48. The minimum Gasteiger partial charge on any atom is -0.497 e. The molecule has 2 heterocycles. The zero-order chi connectivity index (χ0) is 22.1. The van der Waals surface area contributed by atoms with E-state index in [9.17, 15) is 23.2 Å². The summed E-state index contributed by atoms with van der Waals surface area (Å²) in [6.07, 6.45) is 2.57. The van der Waals surface area contributed by atoms with Gasteiger partial charge in [-0.05, 0) is 29.8 Å². The van der Waals surface area contributed by atoms with Crippen LogP contribution in [0.5, 0.6) is 5.75 Å². The van der Waals surface area contributed by atoms with E-state index in [4.69, 9.17) is 9.47 Å². The van der Waals surface area contributed by atoms with E-state index in [-0.39, 0.29) is 24.4 Å². The Bertz CT molecular complexity index is 1260. The molecule has 1 aliphatic heterocycles. The van der Waals surface area contributed by atoms with E-state index in [0.717, 1.165) is 18.2 Å². The molecule has 0 saturated carbocycles. The quantitative estimate of drug-likeness (QED) is 0.372. The van der Waals surface area contributed by atoms with Gasteiger partial charge in [-0.2, -0.15) is 0 Å². The third kappa shape index (κ3) is 4.02. The van der Waals surface area contributed by atoms with Gasteiger partial charge in [-0.3, -0.25) is 9.59 Å². The molecule has 0 spiro atoms. The Morgan fingerprint density at radius 3 is 2.65 bits per heavy atom. The number of Topliss-reactive ketones (excluding diaryl/α,β-unsaturated/α-hetero) is 1. The van der Waals surface area contributed by atoms with Crippen LogP contribution in [0.3, 0.4) is 0 Å². The highest BCUT2D eigenvalue weighted by Crippen LogP contribution is 2.27. The predicted molar refractivity (Wildman–Crippen MR) is 105 cm³/mol. The van der Waals surface area contributed by atoms with Crippen LogP contribution in [0.15, 0.2) is 54.4 Å². The van der Waals surface area contributed by atoms with Crippen molar-refractivity contribution in [1.82, 2.24) is 9.88 Å². The lowest BCUT2D eigenvalue weighted by molar-refractivity contribution is -0.135. The summed E-state index contributed by atoms with van der Waals surface area (Å²) in [4.78, 5) is 36.4. The Balaban J connectivity index is 1.70. The molecule has 1 amide bonds. The van der Waals surface area contributed by atoms with Crippen LogP contribution in [0.25, 0.3) is 10.9 Å². The first-order valence-corrected chi connectivity index (χ1v) is 9.19. The number of nitrogens with zero attached hydrogens (tertiary/aromatic N) is 1. The molecule has 1 aliphatic rings. The monoisotopic (exact) mass is 426 g/mol. The first kappa shape index (κ1) is 20.3. The first-order chi connectivity index (χ1) is 14.9. The number of carbonyl (C=O) groups is 3. The lowest BCUT2D eigenvalue weighted by Crippen LogP contribution is -2.31. The molecule has 31 heavy (non-hydrogen) atoms. The highest BCUT2D eigenvalue weighted by molar-refractivity contribution is 6.45. The number of carbonyl (C=O) groups excluding carboxylic acids is 3. The van der Waals surface area contributed by atoms with Gasteiger partial charge in [-0.15, -0.1) is 0 Å². The summed E-state index contributed by atoms with van der Waals surface area (Å²) in [5.74, 6) is -3.76. The smallest absolute Gasteiger partial charge is 0.333 e. The van der Waals surface area contributed by atoms with Crippen molar-refractivity contribution in [2.45, 2.75) is 6.54 Å². The van der Waals surface area contributed by atoms with E-state index in [2.05, 4.69) is 5.32 Å². The number of esters is 1. The molecule has 0 bridgehead atoms. The average molecular weight is 426 g/mol. The molecule has 1 N–H and O–H groups in total. The summed E-state index contributed by atoms with van der Waals surface area (Å²) in [5.41, 5.74) is 1.34. The highest BCUT2D eigenvalue weighted by Gasteiger charge is 2.24. The highest BCUT2D eigenvalue weighted by atomic mass is 19.2. The van der Waals surface area contributed by atoms with Crippen molar-refractivity contribution < 1.29 is 32.6 Å². The zero-order valence-corrected chi connectivity index (χ0v) is 16.3. The summed E-state index contributed by atoms with van der Waals surface area (Å²) < 4.78 is 38.5. The predicted octanol–water partition coefficient (Wildman–Crippen LogP) is 2.72. The van der Waals surface area contributed by atoms with Crippen LogP contribution in [0.4, 0.5) is 8.78 Å². The van der Waals surface area contributed by atoms with Crippen LogP contribution in [-0.2, 0) is 20.9 Å². The Hall–Kier alpha value is -4.01. The van der Waals surface area contributed by atoms with E-state index >= 15 is 0 Å². The second-order valence-corrected chi connectivity index (χ2v) is 6.86. The van der Waals surface area contributed by atoms with Crippen molar-refractivity contribution in [1.29, 1.82) is 0 Å². The minimum atomic E-state index is -0.983. The van der Waals surface area contributed by atoms with Gasteiger partial charge in [0.15, 0.2) is 11.6 Å². The van der Waals surface area contributed by atoms with E-state index < -0.39 is 29.3 Å². The molecule has 0 radical (unpaired) electrons. The Morgan fingerprint density at radius 2 is 1.97 bits per heavy atom. The molecule has 7 nitrogen and oxygen atoms in total. The fourth-order valence-electron chi connectivity index (χ4n) is 3.32. The van der Waals surface area contributed by atoms with E-state index in [0.29, 0.717) is 22.2 Å². The number of ketones is 1. The van der Waals surface area contributed by atoms with Crippen LogP contribution >= 0.6 is 0 Å². The molecule has 0 fully saturated rings. The number of nitrogens with one attached hydrogen (secondary N) is 1. The second-order valence-electron chi connectivity index (χ2n) is 6.86. The number of benzene rings is 2. The number of fused-ring (bicyclic) bond motifs is 1. The fourth-order valence-corrected chi connectivity index (χ4v) is 3.32. The van der Waals surface area contributed by atoms with Crippen molar-refractivity contribution in [3.8, 4) is 5.75 Å². The molecule has 4 rings (SSSR count). The Kier molecular flexibility index (Phi) is 5.24. The second kappa shape index (κ2) is 8.02. The van der Waals surface area contributed by atoms with Crippen LogP contribution < -0.4 is 10.1 Å². The molecule has 3 aromatic rings. The number of halogens is 2. The number of methoxy groups -OCH3 is 1. The molecular weight excluding hydrogens is 410 g/mol. The topological polar surface area (TPSA) is 86.6 Å². The number of amides is 1. The van der Waals surface area contributed by atoms with Crippen LogP contribution in [-0.4, -0.2) is 35.9 Å². The van der Waals surface area contributed by atoms with Crippen molar-refractivity contribution in [3.63, 3.8) is 0 Å². The van der Waals surface area contributed by atoms with E-state index in [1.807, 2.05) is 0 Å². The Morgan fingerprint density at radius 1 is 1.16 bits per heavy atom. The maximum atomic E-state index is 13.6. The fraction of sp³-hybridized carbons (Fsp3) is 0.136. The number of rotatable bonds is 6. The molecule has 0 aliphatic carbocycles. The normalized spacial score (nSPS) is 13.1. The average Bonchev–Trinajstić information content (AvgIpc) is 3.33. The van der Waals surface area contributed by atoms with Crippen molar-refractivity contribution in [2.24, 2.45) is 0 Å². The Labute approximate surface area is 174 Å². The van der Waals surface area contributed by atoms with Gasteiger partial charge < -0.3 is 19.4 Å². The number of ether oxygens (including phenoxy) is 2. The standard InChI is InChI=1S/C22H16F2N2O5/c1-30-14-3-4-15-16(21(28)22(29)25-13-7-20(27)31-11-13)10-26(19(15)8-14)9-12-2-5-17(23)18(24)6-12/h2-8,10H,9,11H2,1H3,(H,25,29). The van der Waals surface area contributed by atoms with Crippen molar-refractivity contribution in [3.05, 3.63) is 77.1 Å². The lowest BCUT2D eigenvalue weighted by Gasteiger charge is -2.07. The maximum absolute atomic E-state index is 13.6. The third-order valence-electron chi connectivity index (χ3n) is 4.81. The van der Waals surface area contributed by atoms with Gasteiger partial charge in [0, 0.05) is 30.3 Å².